The highest BCUT2D eigenvalue weighted by molar-refractivity contribution is 9.10. The lowest BCUT2D eigenvalue weighted by atomic mass is 10.2. The highest BCUT2D eigenvalue weighted by Gasteiger charge is 2.15. The third-order valence-electron chi connectivity index (χ3n) is 3.16. The number of hydrazine groups is 1. The van der Waals surface area contributed by atoms with E-state index in [4.69, 9.17) is 21.1 Å². The van der Waals surface area contributed by atoms with Gasteiger partial charge in [0.15, 0.2) is 6.61 Å². The minimum atomic E-state index is -0.719. The van der Waals surface area contributed by atoms with Crippen molar-refractivity contribution in [3.05, 3.63) is 63.1 Å². The van der Waals surface area contributed by atoms with E-state index < -0.39 is 24.4 Å². The number of hydrogen-bond acceptors (Lipinski definition) is 5. The fourth-order valence-corrected chi connectivity index (χ4v) is 2.50. The van der Waals surface area contributed by atoms with Gasteiger partial charge in [-0.2, -0.15) is 0 Å². The van der Waals surface area contributed by atoms with Crippen LogP contribution in [0.1, 0.15) is 20.7 Å². The van der Waals surface area contributed by atoms with E-state index in [1.807, 2.05) is 0 Å². The van der Waals surface area contributed by atoms with Gasteiger partial charge >= 0.3 is 5.97 Å². The molecule has 0 unspecified atom stereocenters. The van der Waals surface area contributed by atoms with Gasteiger partial charge in [0.25, 0.3) is 11.8 Å². The zero-order chi connectivity index (χ0) is 19.1. The SMILES string of the molecule is COc1ccc(Br)c(C(=O)OCC(=O)NNC(=O)c2ccccc2Cl)c1. The Bertz CT molecular complexity index is 844. The van der Waals surface area contributed by atoms with E-state index in [0.717, 1.165) is 0 Å². The van der Waals surface area contributed by atoms with E-state index in [0.29, 0.717) is 10.2 Å². The molecule has 0 spiro atoms. The van der Waals surface area contributed by atoms with Gasteiger partial charge in [0.1, 0.15) is 5.75 Å². The summed E-state index contributed by atoms with van der Waals surface area (Å²) >= 11 is 9.11. The summed E-state index contributed by atoms with van der Waals surface area (Å²) in [4.78, 5) is 35.7. The maximum atomic E-state index is 12.0. The molecular weight excluding hydrogens is 428 g/mol. The number of hydrogen-bond donors (Lipinski definition) is 2. The van der Waals surface area contributed by atoms with Gasteiger partial charge in [-0.15, -0.1) is 0 Å². The summed E-state index contributed by atoms with van der Waals surface area (Å²) < 4.78 is 10.5. The molecule has 2 amide bonds. The average molecular weight is 442 g/mol. The molecule has 2 aromatic rings. The van der Waals surface area contributed by atoms with Crippen LogP contribution < -0.4 is 15.6 Å². The molecule has 0 aliphatic carbocycles. The normalized spacial score (nSPS) is 9.96. The molecule has 0 aliphatic heterocycles. The minimum absolute atomic E-state index is 0.201. The van der Waals surface area contributed by atoms with Crippen LogP contribution >= 0.6 is 27.5 Å². The lowest BCUT2D eigenvalue weighted by Crippen LogP contribution is -2.43. The smallest absolute Gasteiger partial charge is 0.339 e. The molecule has 136 valence electrons. The van der Waals surface area contributed by atoms with Gasteiger partial charge in [0.05, 0.1) is 23.3 Å². The standard InChI is InChI=1S/C17H14BrClN2O5/c1-25-10-6-7-13(18)12(8-10)17(24)26-9-15(22)20-21-16(23)11-4-2-3-5-14(11)19/h2-8H,9H2,1H3,(H,20,22)(H,21,23). The zero-order valence-electron chi connectivity index (χ0n) is 13.5. The lowest BCUT2D eigenvalue weighted by Gasteiger charge is -2.10. The van der Waals surface area contributed by atoms with E-state index >= 15 is 0 Å². The number of carbonyl (C=O) groups excluding carboxylic acids is 3. The highest BCUT2D eigenvalue weighted by Crippen LogP contribution is 2.23. The van der Waals surface area contributed by atoms with Crippen LogP contribution in [0.2, 0.25) is 5.02 Å². The predicted octanol–water partition coefficient (Wildman–Crippen LogP) is 2.73. The number of amides is 2. The number of carbonyl (C=O) groups is 3. The first kappa shape index (κ1) is 19.7. The summed E-state index contributed by atoms with van der Waals surface area (Å²) in [7, 11) is 1.47. The van der Waals surface area contributed by atoms with E-state index in [9.17, 15) is 14.4 Å². The second-order valence-corrected chi connectivity index (χ2v) is 6.17. The summed E-state index contributed by atoms with van der Waals surface area (Å²) in [6.07, 6.45) is 0. The van der Waals surface area contributed by atoms with Crippen LogP contribution in [-0.4, -0.2) is 31.5 Å². The van der Waals surface area contributed by atoms with Gasteiger partial charge in [-0.1, -0.05) is 23.7 Å². The summed E-state index contributed by atoms with van der Waals surface area (Å²) in [5.41, 5.74) is 4.74. The molecule has 0 bridgehead atoms. The van der Waals surface area contributed by atoms with Crippen molar-refractivity contribution >= 4 is 45.3 Å². The maximum absolute atomic E-state index is 12.0. The van der Waals surface area contributed by atoms with Crippen molar-refractivity contribution in [3.63, 3.8) is 0 Å². The van der Waals surface area contributed by atoms with E-state index in [1.54, 1.807) is 30.3 Å². The molecule has 0 aromatic heterocycles. The maximum Gasteiger partial charge on any atom is 0.339 e. The quantitative estimate of drug-likeness (QED) is 0.550. The van der Waals surface area contributed by atoms with Crippen molar-refractivity contribution in [1.82, 2.24) is 10.9 Å². The Labute approximate surface area is 162 Å². The number of esters is 1. The molecule has 0 heterocycles. The number of benzene rings is 2. The summed E-state index contributed by atoms with van der Waals surface area (Å²) in [6, 6.07) is 11.1. The molecule has 26 heavy (non-hydrogen) atoms. The Balaban J connectivity index is 1.86. The summed E-state index contributed by atoms with van der Waals surface area (Å²) in [6.45, 7) is -0.578. The second kappa shape index (κ2) is 9.21. The van der Waals surface area contributed by atoms with Gasteiger partial charge in [-0.05, 0) is 46.3 Å². The summed E-state index contributed by atoms with van der Waals surface area (Å²) in [5.74, 6) is -1.55. The van der Waals surface area contributed by atoms with Crippen molar-refractivity contribution in [2.24, 2.45) is 0 Å². The number of ether oxygens (including phenoxy) is 2. The first-order chi connectivity index (χ1) is 12.4. The van der Waals surface area contributed by atoms with Crippen molar-refractivity contribution in [1.29, 1.82) is 0 Å². The molecule has 2 aromatic carbocycles. The zero-order valence-corrected chi connectivity index (χ0v) is 15.9. The highest BCUT2D eigenvalue weighted by atomic mass is 79.9. The lowest BCUT2D eigenvalue weighted by molar-refractivity contribution is -0.125. The fourth-order valence-electron chi connectivity index (χ4n) is 1.87. The van der Waals surface area contributed by atoms with E-state index in [2.05, 4.69) is 26.8 Å². The number of rotatable bonds is 5. The molecule has 0 saturated heterocycles. The topological polar surface area (TPSA) is 93.7 Å². The van der Waals surface area contributed by atoms with Gasteiger partial charge in [0, 0.05) is 4.47 Å². The monoisotopic (exact) mass is 440 g/mol. The van der Waals surface area contributed by atoms with E-state index in [1.165, 1.54) is 19.2 Å². The largest absolute Gasteiger partial charge is 0.497 e. The number of halogens is 2. The Morgan fingerprint density at radius 1 is 1.08 bits per heavy atom. The van der Waals surface area contributed by atoms with Crippen LogP contribution in [0.4, 0.5) is 0 Å². The first-order valence-electron chi connectivity index (χ1n) is 7.26. The van der Waals surface area contributed by atoms with Crippen molar-refractivity contribution < 1.29 is 23.9 Å². The van der Waals surface area contributed by atoms with Crippen LogP contribution in [0, 0.1) is 0 Å². The second-order valence-electron chi connectivity index (χ2n) is 4.90. The number of methoxy groups -OCH3 is 1. The molecule has 0 aliphatic rings. The fraction of sp³-hybridized carbons (Fsp3) is 0.118. The molecule has 0 fully saturated rings. The molecule has 0 atom stereocenters. The van der Waals surface area contributed by atoms with Gasteiger partial charge in [-0.25, -0.2) is 4.79 Å². The first-order valence-corrected chi connectivity index (χ1v) is 8.44. The minimum Gasteiger partial charge on any atom is -0.497 e. The van der Waals surface area contributed by atoms with E-state index in [-0.39, 0.29) is 16.1 Å². The van der Waals surface area contributed by atoms with Crippen LogP contribution in [-0.2, 0) is 9.53 Å². The molecule has 9 heteroatoms. The van der Waals surface area contributed by atoms with Gasteiger partial charge < -0.3 is 9.47 Å². The molecule has 0 radical (unpaired) electrons. The molecule has 2 N–H and O–H groups in total. The Hall–Kier alpha value is -2.58. The third kappa shape index (κ3) is 5.21. The van der Waals surface area contributed by atoms with Crippen LogP contribution in [0.25, 0.3) is 0 Å². The summed E-state index contributed by atoms with van der Waals surface area (Å²) in [5, 5.41) is 0.244. The molecule has 7 nitrogen and oxygen atoms in total. The Kier molecular flexibility index (Phi) is 6.99. The van der Waals surface area contributed by atoms with Crippen molar-refractivity contribution in [2.45, 2.75) is 0 Å². The molecule has 2 rings (SSSR count). The Morgan fingerprint density at radius 3 is 2.50 bits per heavy atom. The number of nitrogens with one attached hydrogen (secondary N) is 2. The van der Waals surface area contributed by atoms with Crippen LogP contribution in [0.3, 0.4) is 0 Å². The van der Waals surface area contributed by atoms with Crippen molar-refractivity contribution in [2.75, 3.05) is 13.7 Å². The predicted molar refractivity (Wildman–Crippen MR) is 98.0 cm³/mol. The molecular formula is C17H14BrClN2O5. The van der Waals surface area contributed by atoms with Crippen molar-refractivity contribution in [3.8, 4) is 5.75 Å². The molecule has 0 saturated carbocycles. The van der Waals surface area contributed by atoms with Crippen LogP contribution in [0.15, 0.2) is 46.9 Å². The average Bonchev–Trinajstić information content (AvgIpc) is 2.65. The third-order valence-corrected chi connectivity index (χ3v) is 4.18. The van der Waals surface area contributed by atoms with Gasteiger partial charge in [0.2, 0.25) is 0 Å². The Morgan fingerprint density at radius 2 is 1.81 bits per heavy atom. The van der Waals surface area contributed by atoms with Crippen LogP contribution in [0.5, 0.6) is 5.75 Å². The van der Waals surface area contributed by atoms with Gasteiger partial charge in [-0.3, -0.25) is 20.4 Å².